The number of esters is 2. The number of halogens is 2. The van der Waals surface area contributed by atoms with E-state index in [0.717, 1.165) is 12.1 Å². The van der Waals surface area contributed by atoms with Crippen molar-refractivity contribution in [2.75, 3.05) is 21.3 Å². The topological polar surface area (TPSA) is 122 Å². The van der Waals surface area contributed by atoms with Crippen LogP contribution in [0.2, 0.25) is 0 Å². The highest BCUT2D eigenvalue weighted by molar-refractivity contribution is 5.99. The first-order chi connectivity index (χ1) is 20.6. The van der Waals surface area contributed by atoms with Gasteiger partial charge in [-0.15, -0.1) is 0 Å². The molecule has 0 bridgehead atoms. The highest BCUT2D eigenvalue weighted by atomic mass is 19.1. The number of nitrogens with one attached hydrogen (secondary N) is 1. The number of pyridine rings is 1. The second-order valence-electron chi connectivity index (χ2n) is 9.63. The summed E-state index contributed by atoms with van der Waals surface area (Å²) in [6.07, 6.45) is 2.67. The van der Waals surface area contributed by atoms with E-state index in [9.17, 15) is 23.2 Å². The number of rotatable bonds is 11. The van der Waals surface area contributed by atoms with E-state index in [1.165, 1.54) is 71.7 Å². The van der Waals surface area contributed by atoms with E-state index < -0.39 is 35.5 Å². The van der Waals surface area contributed by atoms with Crippen molar-refractivity contribution in [2.45, 2.75) is 32.7 Å². The molecule has 0 saturated heterocycles. The van der Waals surface area contributed by atoms with E-state index in [2.05, 4.69) is 10.3 Å². The van der Waals surface area contributed by atoms with Crippen molar-refractivity contribution in [2.24, 2.45) is 5.92 Å². The van der Waals surface area contributed by atoms with Gasteiger partial charge in [-0.05, 0) is 62.1 Å². The predicted octanol–water partition coefficient (Wildman–Crippen LogP) is 4.84. The molecule has 0 unspecified atom stereocenters. The van der Waals surface area contributed by atoms with Crippen LogP contribution in [-0.4, -0.2) is 50.2 Å². The molecule has 226 valence electrons. The lowest BCUT2D eigenvalue weighted by Crippen LogP contribution is -2.40. The Morgan fingerprint density at radius 3 is 1.93 bits per heavy atom. The zero-order valence-electron chi connectivity index (χ0n) is 24.2. The zero-order valence-corrected chi connectivity index (χ0v) is 24.2. The normalized spacial score (nSPS) is 12.9. The third-order valence-corrected chi connectivity index (χ3v) is 6.60. The molecule has 1 N–H and O–H groups in total. The SMILES string of the molecule is COc1ccc(C(=C(C)OC(=O)[C@H](C)NC(=O)c2nccc(OC)c2OC(=O)C2CC2)c2ccc(OC)c(F)c2)cc1F. The van der Waals surface area contributed by atoms with Gasteiger partial charge in [-0.1, -0.05) is 12.1 Å². The van der Waals surface area contributed by atoms with Gasteiger partial charge in [0.2, 0.25) is 5.75 Å². The minimum atomic E-state index is -1.22. The molecule has 1 aromatic heterocycles. The molecular weight excluding hydrogens is 566 g/mol. The van der Waals surface area contributed by atoms with E-state index in [1.54, 1.807) is 0 Å². The average molecular weight is 597 g/mol. The molecule has 1 fully saturated rings. The Bertz CT molecular complexity index is 1530. The standard InChI is InChI=1S/C31H30F2N2O8/c1-16(35-29(36)27-28(25(41-5)12-13-34-27)43-31(38)18-6-7-18)30(37)42-17(2)26(19-8-10-23(39-3)21(32)14-19)20-9-11-24(40-4)22(33)15-20/h8-16,18H,6-7H2,1-5H3,(H,35,36)/t16-/m0/s1. The maximum absolute atomic E-state index is 14.7. The third kappa shape index (κ3) is 7.08. The summed E-state index contributed by atoms with van der Waals surface area (Å²) in [5.41, 5.74) is 0.488. The van der Waals surface area contributed by atoms with Crippen LogP contribution in [0.25, 0.3) is 5.57 Å². The van der Waals surface area contributed by atoms with Gasteiger partial charge in [-0.2, -0.15) is 0 Å². The molecule has 1 atom stereocenters. The molecule has 1 heterocycles. The van der Waals surface area contributed by atoms with Gasteiger partial charge in [0.15, 0.2) is 34.6 Å². The van der Waals surface area contributed by atoms with Gasteiger partial charge in [0.05, 0.1) is 27.2 Å². The number of allylic oxidation sites excluding steroid dienone is 1. The summed E-state index contributed by atoms with van der Waals surface area (Å²) < 4.78 is 55.5. The Labute approximate surface area is 246 Å². The number of carbonyl (C=O) groups is 3. The van der Waals surface area contributed by atoms with Crippen molar-refractivity contribution in [3.8, 4) is 23.0 Å². The van der Waals surface area contributed by atoms with Crippen molar-refractivity contribution in [1.82, 2.24) is 10.3 Å². The summed E-state index contributed by atoms with van der Waals surface area (Å²) in [7, 11) is 3.98. The monoisotopic (exact) mass is 596 g/mol. The van der Waals surface area contributed by atoms with Gasteiger partial charge in [0, 0.05) is 17.8 Å². The smallest absolute Gasteiger partial charge is 0.333 e. The summed E-state index contributed by atoms with van der Waals surface area (Å²) in [5, 5.41) is 2.48. The fourth-order valence-electron chi connectivity index (χ4n) is 4.19. The average Bonchev–Trinajstić information content (AvgIpc) is 3.83. The fourth-order valence-corrected chi connectivity index (χ4v) is 4.19. The summed E-state index contributed by atoms with van der Waals surface area (Å²) in [4.78, 5) is 42.6. The second kappa shape index (κ2) is 13.3. The molecule has 2 aromatic carbocycles. The largest absolute Gasteiger partial charge is 0.494 e. The Hall–Kier alpha value is -5.00. The molecule has 1 saturated carbocycles. The van der Waals surface area contributed by atoms with E-state index in [1.807, 2.05) is 0 Å². The number of methoxy groups -OCH3 is 3. The first-order valence-electron chi connectivity index (χ1n) is 13.2. The van der Waals surface area contributed by atoms with Crippen LogP contribution in [0.15, 0.2) is 54.4 Å². The first kappa shape index (κ1) is 30.9. The van der Waals surface area contributed by atoms with Crippen LogP contribution < -0.4 is 24.3 Å². The van der Waals surface area contributed by atoms with E-state index in [-0.39, 0.29) is 57.1 Å². The van der Waals surface area contributed by atoms with E-state index >= 15 is 0 Å². The van der Waals surface area contributed by atoms with Gasteiger partial charge in [0.1, 0.15) is 11.8 Å². The molecule has 3 aromatic rings. The molecule has 0 radical (unpaired) electrons. The summed E-state index contributed by atoms with van der Waals surface area (Å²) in [6, 6.07) is 8.37. The van der Waals surface area contributed by atoms with Crippen LogP contribution in [-0.2, 0) is 14.3 Å². The second-order valence-corrected chi connectivity index (χ2v) is 9.63. The van der Waals surface area contributed by atoms with Gasteiger partial charge >= 0.3 is 11.9 Å². The maximum Gasteiger partial charge on any atom is 0.333 e. The Morgan fingerprint density at radius 1 is 0.884 bits per heavy atom. The third-order valence-electron chi connectivity index (χ3n) is 6.60. The van der Waals surface area contributed by atoms with E-state index in [4.69, 9.17) is 23.7 Å². The molecule has 0 aliphatic heterocycles. The predicted molar refractivity (Wildman–Crippen MR) is 150 cm³/mol. The van der Waals surface area contributed by atoms with Crippen molar-refractivity contribution in [3.63, 3.8) is 0 Å². The number of hydrogen-bond acceptors (Lipinski definition) is 9. The van der Waals surface area contributed by atoms with Crippen LogP contribution >= 0.6 is 0 Å². The molecule has 4 rings (SSSR count). The van der Waals surface area contributed by atoms with Crippen molar-refractivity contribution in [3.05, 3.63) is 82.9 Å². The minimum Gasteiger partial charge on any atom is -0.494 e. The number of aromatic nitrogens is 1. The van der Waals surface area contributed by atoms with Gasteiger partial charge in [-0.25, -0.2) is 18.6 Å². The highest BCUT2D eigenvalue weighted by Crippen LogP contribution is 2.36. The molecular formula is C31H30F2N2O8. The van der Waals surface area contributed by atoms with Gasteiger partial charge < -0.3 is 29.0 Å². The number of ether oxygens (including phenoxy) is 5. The van der Waals surface area contributed by atoms with Crippen molar-refractivity contribution in [1.29, 1.82) is 0 Å². The number of carbonyl (C=O) groups excluding carboxylic acids is 3. The summed E-state index contributed by atoms with van der Waals surface area (Å²) >= 11 is 0. The number of amides is 1. The quantitative estimate of drug-likeness (QED) is 0.245. The lowest BCUT2D eigenvalue weighted by molar-refractivity contribution is -0.141. The molecule has 1 amide bonds. The molecule has 0 spiro atoms. The fraction of sp³-hybridized carbons (Fsp3) is 0.290. The van der Waals surface area contributed by atoms with Crippen LogP contribution in [0.5, 0.6) is 23.0 Å². The zero-order chi connectivity index (χ0) is 31.3. The summed E-state index contributed by atoms with van der Waals surface area (Å²) in [6.45, 7) is 2.83. The first-order valence-corrected chi connectivity index (χ1v) is 13.2. The van der Waals surface area contributed by atoms with Crippen LogP contribution in [0, 0.1) is 17.6 Å². The Morgan fingerprint density at radius 2 is 1.44 bits per heavy atom. The van der Waals surface area contributed by atoms with Crippen LogP contribution in [0.4, 0.5) is 8.78 Å². The van der Waals surface area contributed by atoms with Crippen LogP contribution in [0.3, 0.4) is 0 Å². The molecule has 12 heteroatoms. The number of nitrogens with zero attached hydrogens (tertiary/aromatic N) is 1. The molecule has 43 heavy (non-hydrogen) atoms. The van der Waals surface area contributed by atoms with Crippen molar-refractivity contribution >= 4 is 23.4 Å². The highest BCUT2D eigenvalue weighted by Gasteiger charge is 2.34. The van der Waals surface area contributed by atoms with Crippen molar-refractivity contribution < 1.29 is 46.8 Å². The van der Waals surface area contributed by atoms with Crippen LogP contribution in [0.1, 0.15) is 48.3 Å². The summed E-state index contributed by atoms with van der Waals surface area (Å²) in [5.74, 6) is -3.91. The number of benzene rings is 2. The van der Waals surface area contributed by atoms with E-state index in [0.29, 0.717) is 12.8 Å². The molecule has 1 aliphatic carbocycles. The van der Waals surface area contributed by atoms with Gasteiger partial charge in [-0.3, -0.25) is 9.59 Å². The molecule has 1 aliphatic rings. The Kier molecular flexibility index (Phi) is 9.59. The van der Waals surface area contributed by atoms with Gasteiger partial charge in [0.25, 0.3) is 5.91 Å². The number of hydrogen-bond donors (Lipinski definition) is 1. The lowest BCUT2D eigenvalue weighted by atomic mass is 9.96. The lowest BCUT2D eigenvalue weighted by Gasteiger charge is -2.18. The Balaban J connectivity index is 1.61. The maximum atomic E-state index is 14.7. The molecule has 10 nitrogen and oxygen atoms in total. The minimum absolute atomic E-state index is 0.00112.